The summed E-state index contributed by atoms with van der Waals surface area (Å²) in [6.07, 6.45) is 1.13. The third-order valence-electron chi connectivity index (χ3n) is 5.04. The third kappa shape index (κ3) is 5.70. The third-order valence-corrected chi connectivity index (χ3v) is 5.04. The summed E-state index contributed by atoms with van der Waals surface area (Å²) in [6, 6.07) is 6.06. The van der Waals surface area contributed by atoms with Gasteiger partial charge in [-0.2, -0.15) is 0 Å². The Morgan fingerprint density at radius 3 is 2.71 bits per heavy atom. The Bertz CT molecular complexity index is 722. The number of methoxy groups -OCH3 is 1. The summed E-state index contributed by atoms with van der Waals surface area (Å²) >= 11 is 0. The van der Waals surface area contributed by atoms with E-state index in [1.54, 1.807) is 7.11 Å². The monoisotopic (exact) mass is 389 g/mol. The summed E-state index contributed by atoms with van der Waals surface area (Å²) < 4.78 is 22.0. The van der Waals surface area contributed by atoms with Gasteiger partial charge in [0.2, 0.25) is 0 Å². The van der Waals surface area contributed by atoms with Crippen molar-refractivity contribution in [3.05, 3.63) is 40.8 Å². The molecule has 1 aliphatic rings. The van der Waals surface area contributed by atoms with Crippen LogP contribution < -0.4 is 14.8 Å². The van der Waals surface area contributed by atoms with Crippen molar-refractivity contribution in [2.75, 3.05) is 46.5 Å². The van der Waals surface area contributed by atoms with Gasteiger partial charge >= 0.3 is 0 Å². The molecule has 7 heteroatoms. The molecule has 3 rings (SSSR count). The van der Waals surface area contributed by atoms with Crippen LogP contribution in [0.3, 0.4) is 0 Å². The predicted octanol–water partition coefficient (Wildman–Crippen LogP) is 2.69. The maximum atomic E-state index is 5.94. The number of hydrogen-bond acceptors (Lipinski definition) is 7. The first kappa shape index (κ1) is 20.6. The number of ether oxygens (including phenoxy) is 3. The van der Waals surface area contributed by atoms with E-state index in [4.69, 9.17) is 18.7 Å². The molecular weight excluding hydrogens is 358 g/mol. The quantitative estimate of drug-likeness (QED) is 0.627. The molecular formula is C21H31N3O4. The Labute approximate surface area is 166 Å². The zero-order chi connectivity index (χ0) is 19.8. The first-order chi connectivity index (χ1) is 13.7. The smallest absolute Gasteiger partial charge is 0.161 e. The van der Waals surface area contributed by atoms with Gasteiger partial charge in [0.1, 0.15) is 12.4 Å². The summed E-state index contributed by atoms with van der Waals surface area (Å²) in [4.78, 5) is 2.46. The van der Waals surface area contributed by atoms with E-state index < -0.39 is 0 Å². The van der Waals surface area contributed by atoms with Crippen LogP contribution in [0.4, 0.5) is 0 Å². The molecule has 1 N–H and O–H groups in total. The van der Waals surface area contributed by atoms with Crippen molar-refractivity contribution in [1.82, 2.24) is 15.4 Å². The molecule has 7 nitrogen and oxygen atoms in total. The summed E-state index contributed by atoms with van der Waals surface area (Å²) in [5.74, 6) is 2.24. The Morgan fingerprint density at radius 2 is 2.00 bits per heavy atom. The van der Waals surface area contributed by atoms with Gasteiger partial charge in [-0.15, -0.1) is 0 Å². The normalized spacial score (nSPS) is 15.0. The van der Waals surface area contributed by atoms with Gasteiger partial charge in [-0.05, 0) is 51.1 Å². The molecule has 0 radical (unpaired) electrons. The van der Waals surface area contributed by atoms with Crippen LogP contribution in [0.25, 0.3) is 0 Å². The van der Waals surface area contributed by atoms with Crippen LogP contribution >= 0.6 is 0 Å². The number of nitrogens with zero attached hydrogens (tertiary/aromatic N) is 2. The molecule has 28 heavy (non-hydrogen) atoms. The summed E-state index contributed by atoms with van der Waals surface area (Å²) in [7, 11) is 1.66. The van der Waals surface area contributed by atoms with Gasteiger partial charge in [-0.3, -0.25) is 4.90 Å². The maximum absolute atomic E-state index is 5.94. The predicted molar refractivity (Wildman–Crippen MR) is 107 cm³/mol. The average Bonchev–Trinajstić information content (AvgIpc) is 3.05. The van der Waals surface area contributed by atoms with Crippen molar-refractivity contribution in [2.45, 2.75) is 33.4 Å². The molecule has 0 unspecified atom stereocenters. The van der Waals surface area contributed by atoms with E-state index in [2.05, 4.69) is 21.4 Å². The molecule has 1 aliphatic heterocycles. The van der Waals surface area contributed by atoms with E-state index >= 15 is 0 Å². The molecule has 0 aliphatic carbocycles. The highest BCUT2D eigenvalue weighted by Crippen LogP contribution is 2.29. The van der Waals surface area contributed by atoms with Crippen LogP contribution in [0, 0.1) is 13.8 Å². The number of nitrogens with one attached hydrogen (secondary N) is 1. The summed E-state index contributed by atoms with van der Waals surface area (Å²) in [5.41, 5.74) is 3.01. The summed E-state index contributed by atoms with van der Waals surface area (Å²) in [6.45, 7) is 11.0. The van der Waals surface area contributed by atoms with E-state index in [1.807, 2.05) is 26.0 Å². The highest BCUT2D eigenvalue weighted by Gasteiger charge is 2.12. The minimum absolute atomic E-state index is 0.413. The Hall–Kier alpha value is -2.09. The fourth-order valence-corrected chi connectivity index (χ4v) is 3.28. The maximum Gasteiger partial charge on any atom is 0.161 e. The fourth-order valence-electron chi connectivity index (χ4n) is 3.28. The van der Waals surface area contributed by atoms with Gasteiger partial charge in [0.15, 0.2) is 11.5 Å². The van der Waals surface area contributed by atoms with Gasteiger partial charge in [-0.1, -0.05) is 11.2 Å². The van der Waals surface area contributed by atoms with Crippen LogP contribution in [0.15, 0.2) is 22.7 Å². The van der Waals surface area contributed by atoms with Crippen LogP contribution in [0.5, 0.6) is 11.5 Å². The minimum Gasteiger partial charge on any atom is -0.493 e. The van der Waals surface area contributed by atoms with Crippen molar-refractivity contribution in [2.24, 2.45) is 0 Å². The van der Waals surface area contributed by atoms with Gasteiger partial charge in [0.05, 0.1) is 31.6 Å². The first-order valence-electron chi connectivity index (χ1n) is 9.89. The molecule has 2 heterocycles. The number of hydrogen-bond donors (Lipinski definition) is 1. The lowest BCUT2D eigenvalue weighted by molar-refractivity contribution is 0.0374. The second-order valence-corrected chi connectivity index (χ2v) is 7.06. The standard InChI is InChI=1S/C21H31N3O4/c1-16-19(17(2)28-23-16)15-27-20-6-5-18(13-21(20)25-3)14-22-7-4-8-24-9-11-26-12-10-24/h5-6,13,22H,4,7-12,14-15H2,1-3H3. The molecule has 0 atom stereocenters. The van der Waals surface area contributed by atoms with E-state index in [-0.39, 0.29) is 0 Å². The Kier molecular flexibility index (Phi) is 7.71. The summed E-state index contributed by atoms with van der Waals surface area (Å²) in [5, 5.41) is 7.47. The van der Waals surface area contributed by atoms with E-state index in [9.17, 15) is 0 Å². The topological polar surface area (TPSA) is 69.0 Å². The van der Waals surface area contributed by atoms with Gasteiger partial charge in [0, 0.05) is 19.6 Å². The van der Waals surface area contributed by atoms with Gasteiger partial charge in [0.25, 0.3) is 0 Å². The van der Waals surface area contributed by atoms with Crippen molar-refractivity contribution in [3.63, 3.8) is 0 Å². The molecule has 1 aromatic heterocycles. The van der Waals surface area contributed by atoms with Gasteiger partial charge in [-0.25, -0.2) is 0 Å². The fraction of sp³-hybridized carbons (Fsp3) is 0.571. The average molecular weight is 389 g/mol. The first-order valence-corrected chi connectivity index (χ1v) is 9.89. The zero-order valence-corrected chi connectivity index (χ0v) is 17.1. The molecule has 2 aromatic rings. The van der Waals surface area contributed by atoms with Crippen LogP contribution in [-0.4, -0.2) is 56.6 Å². The second kappa shape index (κ2) is 10.5. The molecule has 0 bridgehead atoms. The number of aromatic nitrogens is 1. The van der Waals surface area contributed by atoms with E-state index in [0.29, 0.717) is 6.61 Å². The molecule has 0 spiro atoms. The van der Waals surface area contributed by atoms with Crippen molar-refractivity contribution in [3.8, 4) is 11.5 Å². The van der Waals surface area contributed by atoms with E-state index in [0.717, 1.165) is 80.9 Å². The van der Waals surface area contributed by atoms with Crippen molar-refractivity contribution < 1.29 is 18.7 Å². The molecule has 1 fully saturated rings. The lowest BCUT2D eigenvalue weighted by atomic mass is 10.2. The highest BCUT2D eigenvalue weighted by molar-refractivity contribution is 5.43. The molecule has 154 valence electrons. The SMILES string of the molecule is COc1cc(CNCCCN2CCOCC2)ccc1OCc1c(C)noc1C. The molecule has 0 saturated carbocycles. The van der Waals surface area contributed by atoms with E-state index in [1.165, 1.54) is 5.56 Å². The number of aryl methyl sites for hydroxylation is 2. The van der Waals surface area contributed by atoms with Crippen LogP contribution in [0.1, 0.15) is 29.0 Å². The lowest BCUT2D eigenvalue weighted by Gasteiger charge is -2.26. The molecule has 1 saturated heterocycles. The number of benzene rings is 1. The number of rotatable bonds is 10. The second-order valence-electron chi connectivity index (χ2n) is 7.06. The lowest BCUT2D eigenvalue weighted by Crippen LogP contribution is -2.37. The highest BCUT2D eigenvalue weighted by atomic mass is 16.5. The minimum atomic E-state index is 0.413. The molecule has 1 aromatic carbocycles. The van der Waals surface area contributed by atoms with Crippen molar-refractivity contribution in [1.29, 1.82) is 0 Å². The zero-order valence-electron chi connectivity index (χ0n) is 17.1. The largest absolute Gasteiger partial charge is 0.493 e. The van der Waals surface area contributed by atoms with Crippen LogP contribution in [-0.2, 0) is 17.9 Å². The van der Waals surface area contributed by atoms with Crippen molar-refractivity contribution >= 4 is 0 Å². The van der Waals surface area contributed by atoms with Gasteiger partial charge < -0.3 is 24.1 Å². The Balaban J connectivity index is 1.44. The van der Waals surface area contributed by atoms with Crippen LogP contribution in [0.2, 0.25) is 0 Å². The Morgan fingerprint density at radius 1 is 1.18 bits per heavy atom. The molecule has 0 amide bonds. The number of morpholine rings is 1.